The third-order valence-corrected chi connectivity index (χ3v) is 4.49. The average molecular weight is 420 g/mol. The van der Waals surface area contributed by atoms with Gasteiger partial charge in [-0.15, -0.1) is 0 Å². The number of amides is 2. The Kier molecular flexibility index (Phi) is 6.66. The maximum Gasteiger partial charge on any atom is 0.329 e. The van der Waals surface area contributed by atoms with Crippen LogP contribution >= 0.6 is 11.6 Å². The Hall–Kier alpha value is -3.13. The number of para-hydroxylation sites is 1. The van der Waals surface area contributed by atoms with Gasteiger partial charge in [-0.25, -0.2) is 9.82 Å². The molecule has 152 valence electrons. The van der Waals surface area contributed by atoms with Crippen molar-refractivity contribution in [3.63, 3.8) is 0 Å². The highest BCUT2D eigenvalue weighted by molar-refractivity contribution is 6.35. The largest absolute Gasteiger partial charge is 0.493 e. The SMILES string of the molecule is COc1cccc(/C=N\NC(=O)C(=O)NC2CC2)c1OCc1c(F)cccc1Cl. The van der Waals surface area contributed by atoms with Crippen LogP contribution in [-0.2, 0) is 16.2 Å². The number of hydrazone groups is 1. The summed E-state index contributed by atoms with van der Waals surface area (Å²) in [4.78, 5) is 23.4. The van der Waals surface area contributed by atoms with Crippen LogP contribution in [0.25, 0.3) is 0 Å². The van der Waals surface area contributed by atoms with Crippen LogP contribution in [0, 0.1) is 5.82 Å². The lowest BCUT2D eigenvalue weighted by molar-refractivity contribution is -0.139. The van der Waals surface area contributed by atoms with Gasteiger partial charge in [0.25, 0.3) is 0 Å². The predicted octanol–water partition coefficient (Wildman–Crippen LogP) is 2.80. The second-order valence-electron chi connectivity index (χ2n) is 6.31. The molecule has 29 heavy (non-hydrogen) atoms. The van der Waals surface area contributed by atoms with E-state index < -0.39 is 17.6 Å². The van der Waals surface area contributed by atoms with E-state index in [1.807, 2.05) is 0 Å². The number of hydrogen-bond donors (Lipinski definition) is 2. The molecule has 7 nitrogen and oxygen atoms in total. The smallest absolute Gasteiger partial charge is 0.329 e. The van der Waals surface area contributed by atoms with Crippen LogP contribution in [0.15, 0.2) is 41.5 Å². The molecule has 2 aromatic carbocycles. The van der Waals surface area contributed by atoms with Gasteiger partial charge in [-0.05, 0) is 37.1 Å². The van der Waals surface area contributed by atoms with Crippen LogP contribution in [0.5, 0.6) is 11.5 Å². The summed E-state index contributed by atoms with van der Waals surface area (Å²) in [6.45, 7) is -0.136. The summed E-state index contributed by atoms with van der Waals surface area (Å²) >= 11 is 6.03. The van der Waals surface area contributed by atoms with Crippen LogP contribution in [0.2, 0.25) is 5.02 Å². The van der Waals surface area contributed by atoms with Gasteiger partial charge in [0.05, 0.1) is 18.3 Å². The molecule has 2 N–H and O–H groups in total. The zero-order chi connectivity index (χ0) is 20.8. The first kappa shape index (κ1) is 20.6. The Balaban J connectivity index is 1.71. The third kappa shape index (κ3) is 5.45. The molecule has 2 aromatic rings. The first-order chi connectivity index (χ1) is 14.0. The van der Waals surface area contributed by atoms with E-state index in [0.717, 1.165) is 12.8 Å². The summed E-state index contributed by atoms with van der Waals surface area (Å²) in [7, 11) is 1.46. The molecule has 0 atom stereocenters. The van der Waals surface area contributed by atoms with Crippen LogP contribution in [0.1, 0.15) is 24.0 Å². The molecule has 0 unspecified atom stereocenters. The van der Waals surface area contributed by atoms with E-state index in [0.29, 0.717) is 11.3 Å². The van der Waals surface area contributed by atoms with Gasteiger partial charge in [-0.2, -0.15) is 5.10 Å². The second kappa shape index (κ2) is 9.38. The Morgan fingerprint density at radius 1 is 1.24 bits per heavy atom. The van der Waals surface area contributed by atoms with Gasteiger partial charge in [-0.1, -0.05) is 23.7 Å². The summed E-state index contributed by atoms with van der Waals surface area (Å²) in [6, 6.07) is 9.46. The maximum atomic E-state index is 14.0. The molecule has 0 heterocycles. The van der Waals surface area contributed by atoms with Crippen LogP contribution in [-0.4, -0.2) is 31.2 Å². The molecule has 0 aliphatic heterocycles. The molecule has 1 aliphatic rings. The van der Waals surface area contributed by atoms with E-state index >= 15 is 0 Å². The van der Waals surface area contributed by atoms with Gasteiger partial charge in [-0.3, -0.25) is 9.59 Å². The number of carbonyl (C=O) groups excluding carboxylic acids is 2. The highest BCUT2D eigenvalue weighted by Crippen LogP contribution is 2.32. The van der Waals surface area contributed by atoms with Crippen molar-refractivity contribution >= 4 is 29.6 Å². The number of rotatable bonds is 7. The summed E-state index contributed by atoms with van der Waals surface area (Å²) in [5.41, 5.74) is 2.82. The minimum absolute atomic E-state index is 0.0702. The monoisotopic (exact) mass is 419 g/mol. The predicted molar refractivity (Wildman–Crippen MR) is 106 cm³/mol. The lowest BCUT2D eigenvalue weighted by Crippen LogP contribution is -2.38. The van der Waals surface area contributed by atoms with Crippen molar-refractivity contribution < 1.29 is 23.5 Å². The molecule has 0 saturated heterocycles. The quantitative estimate of drug-likeness (QED) is 0.410. The first-order valence-electron chi connectivity index (χ1n) is 8.86. The van der Waals surface area contributed by atoms with E-state index in [-0.39, 0.29) is 29.0 Å². The third-order valence-electron chi connectivity index (χ3n) is 4.14. The molecule has 0 radical (unpaired) electrons. The summed E-state index contributed by atoms with van der Waals surface area (Å²) in [6.07, 6.45) is 3.06. The molecular weight excluding hydrogens is 401 g/mol. The van der Waals surface area contributed by atoms with Gasteiger partial charge in [0.15, 0.2) is 11.5 Å². The fourth-order valence-corrected chi connectivity index (χ4v) is 2.67. The van der Waals surface area contributed by atoms with Crippen molar-refractivity contribution in [2.75, 3.05) is 7.11 Å². The Morgan fingerprint density at radius 3 is 2.69 bits per heavy atom. The molecular formula is C20H19ClFN3O4. The lowest BCUT2D eigenvalue weighted by atomic mass is 10.2. The number of methoxy groups -OCH3 is 1. The fourth-order valence-electron chi connectivity index (χ4n) is 2.45. The number of benzene rings is 2. The first-order valence-corrected chi connectivity index (χ1v) is 9.24. The minimum atomic E-state index is -0.864. The van der Waals surface area contributed by atoms with Crippen molar-refractivity contribution in [1.29, 1.82) is 0 Å². The van der Waals surface area contributed by atoms with E-state index in [1.165, 1.54) is 25.5 Å². The van der Waals surface area contributed by atoms with Gasteiger partial charge in [0, 0.05) is 17.2 Å². The summed E-state index contributed by atoms with van der Waals surface area (Å²) in [5.74, 6) is -1.41. The lowest BCUT2D eigenvalue weighted by Gasteiger charge is -2.14. The minimum Gasteiger partial charge on any atom is -0.493 e. The van der Waals surface area contributed by atoms with Crippen LogP contribution in [0.3, 0.4) is 0 Å². The topological polar surface area (TPSA) is 89.0 Å². The molecule has 9 heteroatoms. The van der Waals surface area contributed by atoms with E-state index in [1.54, 1.807) is 24.3 Å². The number of halogens is 2. The number of carbonyl (C=O) groups is 2. The van der Waals surface area contributed by atoms with Crippen molar-refractivity contribution in [3.8, 4) is 11.5 Å². The normalized spacial score (nSPS) is 13.2. The van der Waals surface area contributed by atoms with Crippen molar-refractivity contribution in [2.45, 2.75) is 25.5 Å². The standard InChI is InChI=1S/C20H19ClFN3O4/c1-28-17-7-2-4-12(10-23-25-20(27)19(26)24-13-8-9-13)18(17)29-11-14-15(21)5-3-6-16(14)22/h2-7,10,13H,8-9,11H2,1H3,(H,24,26)(H,25,27)/b23-10-. The molecule has 0 aromatic heterocycles. The Labute approximate surface area is 171 Å². The molecule has 0 spiro atoms. The second-order valence-corrected chi connectivity index (χ2v) is 6.72. The van der Waals surface area contributed by atoms with Crippen molar-refractivity contribution in [2.24, 2.45) is 5.10 Å². The summed E-state index contributed by atoms with van der Waals surface area (Å²) in [5, 5.41) is 6.60. The van der Waals surface area contributed by atoms with E-state index in [2.05, 4.69) is 15.8 Å². The maximum absolute atomic E-state index is 14.0. The molecule has 1 saturated carbocycles. The summed E-state index contributed by atoms with van der Waals surface area (Å²) < 4.78 is 25.0. The number of nitrogens with one attached hydrogen (secondary N) is 2. The zero-order valence-corrected chi connectivity index (χ0v) is 16.3. The molecule has 0 bridgehead atoms. The van der Waals surface area contributed by atoms with Crippen molar-refractivity contribution in [1.82, 2.24) is 10.7 Å². The molecule has 1 aliphatic carbocycles. The molecule has 3 rings (SSSR count). The highest BCUT2D eigenvalue weighted by atomic mass is 35.5. The Morgan fingerprint density at radius 2 is 2.00 bits per heavy atom. The van der Waals surface area contributed by atoms with Crippen LogP contribution in [0.4, 0.5) is 4.39 Å². The van der Waals surface area contributed by atoms with Gasteiger partial charge >= 0.3 is 11.8 Å². The van der Waals surface area contributed by atoms with Gasteiger partial charge in [0.1, 0.15) is 12.4 Å². The van der Waals surface area contributed by atoms with Gasteiger partial charge in [0.2, 0.25) is 0 Å². The van der Waals surface area contributed by atoms with Crippen LogP contribution < -0.4 is 20.2 Å². The zero-order valence-electron chi connectivity index (χ0n) is 15.6. The fraction of sp³-hybridized carbons (Fsp3) is 0.250. The number of hydrogen-bond acceptors (Lipinski definition) is 5. The molecule has 1 fully saturated rings. The average Bonchev–Trinajstić information content (AvgIpc) is 3.52. The number of ether oxygens (including phenoxy) is 2. The number of nitrogens with zero attached hydrogens (tertiary/aromatic N) is 1. The highest BCUT2D eigenvalue weighted by Gasteiger charge is 2.26. The van der Waals surface area contributed by atoms with Crippen molar-refractivity contribution in [3.05, 3.63) is 58.4 Å². The van der Waals surface area contributed by atoms with E-state index in [9.17, 15) is 14.0 Å². The van der Waals surface area contributed by atoms with E-state index in [4.69, 9.17) is 21.1 Å². The molecule has 2 amide bonds. The Bertz CT molecular complexity index is 927. The van der Waals surface area contributed by atoms with Gasteiger partial charge < -0.3 is 14.8 Å².